The molecule has 0 spiro atoms. The third-order valence-corrected chi connectivity index (χ3v) is 13.5. The number of fused-ring (bicyclic) bond motifs is 3. The fraction of sp³-hybridized carbons (Fsp3) is 0.228. The molecule has 7 rings (SSSR count). The first kappa shape index (κ1) is 49.9. The van der Waals surface area contributed by atoms with Gasteiger partial charge in [0.2, 0.25) is 0 Å². The second-order valence-electron chi connectivity index (χ2n) is 15.9. The van der Waals surface area contributed by atoms with Gasteiger partial charge < -0.3 is 28.4 Å². The van der Waals surface area contributed by atoms with Gasteiger partial charge in [-0.1, -0.05) is 122 Å². The van der Waals surface area contributed by atoms with E-state index < -0.39 is 41.5 Å². The molecular weight excluding hydrogens is 909 g/mol. The van der Waals surface area contributed by atoms with Crippen LogP contribution in [0, 0.1) is 0 Å². The van der Waals surface area contributed by atoms with Crippen molar-refractivity contribution in [3.8, 4) is 22.6 Å². The SMILES string of the molecule is C=CC(=O)OCCCC(=O)OC(COc1ccc(C2(c3ccc(OCC(CSc4ccccc4)OC(=O)CCCOC(=O)C=C)cc3)c3ccccc3-c3ccccc32)cc1)CSc1ccccc1. The topological polar surface area (TPSA) is 124 Å². The molecule has 0 amide bonds. The molecule has 1 aliphatic rings. The van der Waals surface area contributed by atoms with E-state index >= 15 is 0 Å². The maximum absolute atomic E-state index is 12.9. The van der Waals surface area contributed by atoms with Crippen molar-refractivity contribution in [3.05, 3.63) is 205 Å². The second-order valence-corrected chi connectivity index (χ2v) is 18.1. The van der Waals surface area contributed by atoms with Gasteiger partial charge in [0.25, 0.3) is 0 Å². The number of carbonyl (C=O) groups excluding carboxylic acids is 4. The molecule has 6 aromatic carbocycles. The lowest BCUT2D eigenvalue weighted by Gasteiger charge is -2.34. The smallest absolute Gasteiger partial charge is 0.330 e. The van der Waals surface area contributed by atoms with Crippen molar-refractivity contribution in [2.75, 3.05) is 37.9 Å². The summed E-state index contributed by atoms with van der Waals surface area (Å²) in [4.78, 5) is 50.8. The van der Waals surface area contributed by atoms with Gasteiger partial charge in [0.1, 0.15) is 36.9 Å². The highest BCUT2D eigenvalue weighted by atomic mass is 32.2. The molecule has 0 heterocycles. The Morgan fingerprint density at radius 1 is 0.493 bits per heavy atom. The van der Waals surface area contributed by atoms with Gasteiger partial charge in [0.05, 0.1) is 18.6 Å². The van der Waals surface area contributed by atoms with Crippen LogP contribution in [0.25, 0.3) is 11.1 Å². The van der Waals surface area contributed by atoms with Crippen molar-refractivity contribution in [2.45, 2.75) is 53.1 Å². The summed E-state index contributed by atoms with van der Waals surface area (Å²) >= 11 is 3.15. The number of hydrogen-bond acceptors (Lipinski definition) is 12. The van der Waals surface area contributed by atoms with E-state index in [0.29, 0.717) is 35.8 Å². The lowest BCUT2D eigenvalue weighted by atomic mass is 9.68. The third kappa shape index (κ3) is 13.6. The van der Waals surface area contributed by atoms with Gasteiger partial charge in [-0.25, -0.2) is 9.59 Å². The third-order valence-electron chi connectivity index (χ3n) is 11.2. The van der Waals surface area contributed by atoms with Crippen LogP contribution in [0.2, 0.25) is 0 Å². The summed E-state index contributed by atoms with van der Waals surface area (Å²) < 4.78 is 34.6. The Hall–Kier alpha value is -7.02. The van der Waals surface area contributed by atoms with Crippen LogP contribution in [0.3, 0.4) is 0 Å². The zero-order valence-corrected chi connectivity index (χ0v) is 39.8. The Morgan fingerprint density at radius 2 is 0.870 bits per heavy atom. The molecule has 2 atom stereocenters. The van der Waals surface area contributed by atoms with E-state index in [1.807, 2.05) is 84.9 Å². The van der Waals surface area contributed by atoms with E-state index in [0.717, 1.165) is 55.3 Å². The Bertz CT molecular complexity index is 2470. The minimum absolute atomic E-state index is 0.0901. The van der Waals surface area contributed by atoms with Crippen molar-refractivity contribution in [1.82, 2.24) is 0 Å². The normalized spacial score (nSPS) is 12.8. The maximum Gasteiger partial charge on any atom is 0.330 e. The zero-order valence-electron chi connectivity index (χ0n) is 38.2. The van der Waals surface area contributed by atoms with Crippen LogP contribution in [0.4, 0.5) is 0 Å². The van der Waals surface area contributed by atoms with E-state index in [4.69, 9.17) is 28.4 Å². The molecule has 0 fully saturated rings. The van der Waals surface area contributed by atoms with E-state index in [1.54, 1.807) is 23.5 Å². The van der Waals surface area contributed by atoms with E-state index in [1.165, 1.54) is 0 Å². The first-order chi connectivity index (χ1) is 33.8. The molecule has 10 nitrogen and oxygen atoms in total. The number of ether oxygens (including phenoxy) is 6. The summed E-state index contributed by atoms with van der Waals surface area (Å²) in [6, 6.07) is 53.0. The second kappa shape index (κ2) is 25.4. The monoisotopic (exact) mass is 962 g/mol. The highest BCUT2D eigenvalue weighted by Crippen LogP contribution is 2.56. The molecule has 0 aliphatic heterocycles. The molecule has 0 aromatic heterocycles. The predicted octanol–water partition coefficient (Wildman–Crippen LogP) is 11.2. The summed E-state index contributed by atoms with van der Waals surface area (Å²) in [5.41, 5.74) is 5.94. The lowest BCUT2D eigenvalue weighted by Crippen LogP contribution is -2.29. The summed E-state index contributed by atoms with van der Waals surface area (Å²) in [6.07, 6.45) is 1.91. The Balaban J connectivity index is 1.08. The molecule has 1 aliphatic carbocycles. The van der Waals surface area contributed by atoms with Crippen LogP contribution in [-0.2, 0) is 43.5 Å². The van der Waals surface area contributed by atoms with Gasteiger partial charge in [-0.15, -0.1) is 23.5 Å². The number of rotatable bonds is 26. The summed E-state index contributed by atoms with van der Waals surface area (Å²) in [7, 11) is 0. The van der Waals surface area contributed by atoms with Gasteiger partial charge in [-0.05, 0) is 94.8 Å². The number of benzene rings is 6. The van der Waals surface area contributed by atoms with Gasteiger partial charge in [0.15, 0.2) is 0 Å². The zero-order chi connectivity index (χ0) is 48.3. The van der Waals surface area contributed by atoms with Crippen LogP contribution in [0.1, 0.15) is 47.9 Å². The summed E-state index contributed by atoms with van der Waals surface area (Å²) in [5.74, 6) is 0.326. The average molecular weight is 963 g/mol. The lowest BCUT2D eigenvalue weighted by molar-refractivity contribution is -0.151. The molecule has 0 saturated heterocycles. The molecule has 0 bridgehead atoms. The first-order valence-electron chi connectivity index (χ1n) is 22.8. The molecule has 0 radical (unpaired) electrons. The largest absolute Gasteiger partial charge is 0.490 e. The molecule has 12 heteroatoms. The average Bonchev–Trinajstić information content (AvgIpc) is 3.69. The van der Waals surface area contributed by atoms with Crippen LogP contribution < -0.4 is 9.47 Å². The Kier molecular flexibility index (Phi) is 18.3. The van der Waals surface area contributed by atoms with Gasteiger partial charge in [-0.3, -0.25) is 9.59 Å². The molecule has 0 saturated carbocycles. The van der Waals surface area contributed by atoms with E-state index in [2.05, 4.69) is 86.0 Å². The number of hydrogen-bond donors (Lipinski definition) is 0. The Labute approximate surface area is 412 Å². The highest BCUT2D eigenvalue weighted by Gasteiger charge is 2.46. The van der Waals surface area contributed by atoms with Crippen LogP contribution >= 0.6 is 23.5 Å². The molecule has 2 unspecified atom stereocenters. The van der Waals surface area contributed by atoms with Crippen LogP contribution in [0.15, 0.2) is 193 Å². The fourth-order valence-corrected chi connectivity index (χ4v) is 9.82. The molecule has 6 aromatic rings. The minimum Gasteiger partial charge on any atom is -0.490 e. The highest BCUT2D eigenvalue weighted by molar-refractivity contribution is 7.99. The number of thioether (sulfide) groups is 2. The van der Waals surface area contributed by atoms with Crippen molar-refractivity contribution >= 4 is 47.4 Å². The number of esters is 4. The summed E-state index contributed by atoms with van der Waals surface area (Å²) in [5, 5.41) is 0. The van der Waals surface area contributed by atoms with Crippen molar-refractivity contribution in [1.29, 1.82) is 0 Å². The fourth-order valence-electron chi connectivity index (χ4n) is 8.03. The number of carbonyl (C=O) groups is 4. The molecule has 354 valence electrons. The van der Waals surface area contributed by atoms with Gasteiger partial charge in [-0.2, -0.15) is 0 Å². The quantitative estimate of drug-likeness (QED) is 0.0169. The van der Waals surface area contributed by atoms with Crippen LogP contribution in [0.5, 0.6) is 11.5 Å². The van der Waals surface area contributed by atoms with Crippen molar-refractivity contribution in [3.63, 3.8) is 0 Å². The van der Waals surface area contributed by atoms with Gasteiger partial charge in [0, 0.05) is 46.3 Å². The minimum atomic E-state index is -0.695. The first-order valence-corrected chi connectivity index (χ1v) is 24.7. The summed E-state index contributed by atoms with van der Waals surface area (Å²) in [6.45, 7) is 7.25. The molecule has 69 heavy (non-hydrogen) atoms. The Morgan fingerprint density at radius 3 is 1.26 bits per heavy atom. The standard InChI is InChI=1S/C57H54O10S2/c1-3-53(58)62-35-15-25-55(60)66-45(39-68-47-17-7-5-8-18-47)37-64-43-31-27-41(28-32-43)57(51-23-13-11-21-49(51)50-22-12-14-24-52(50)57)42-29-33-44(34-30-42)65-38-46(40-69-48-19-9-6-10-20-48)67-56(61)26-16-36-63-54(59)4-2/h3-14,17-24,27-34,45-46H,1-2,15-16,25-26,35-40H2. The van der Waals surface area contributed by atoms with Crippen molar-refractivity contribution in [2.24, 2.45) is 0 Å². The van der Waals surface area contributed by atoms with Crippen LogP contribution in [-0.4, -0.2) is 74.0 Å². The van der Waals surface area contributed by atoms with Gasteiger partial charge >= 0.3 is 23.9 Å². The molecular formula is C57H54O10S2. The van der Waals surface area contributed by atoms with Crippen molar-refractivity contribution < 1.29 is 47.6 Å². The maximum atomic E-state index is 12.9. The molecule has 0 N–H and O–H groups in total. The van der Waals surface area contributed by atoms with E-state index in [9.17, 15) is 19.2 Å². The van der Waals surface area contributed by atoms with E-state index in [-0.39, 0.29) is 39.3 Å². The predicted molar refractivity (Wildman–Crippen MR) is 270 cm³/mol.